The molecule has 128 valence electrons. The van der Waals surface area contributed by atoms with Gasteiger partial charge in [-0.25, -0.2) is 13.2 Å². The lowest BCUT2D eigenvalue weighted by atomic mass is 10.2. The summed E-state index contributed by atoms with van der Waals surface area (Å²) in [6.07, 6.45) is 2.91. The number of nitrogens with one attached hydrogen (secondary N) is 1. The Morgan fingerprint density at radius 1 is 1.09 bits per heavy atom. The molecular weight excluding hydrogens is 314 g/mol. The van der Waals surface area contributed by atoms with Crippen LogP contribution in [0.25, 0.3) is 0 Å². The normalized spacial score (nSPS) is 16.1. The Hall–Kier alpha value is -1.60. The number of carbonyl (C=O) groups is 1. The second kappa shape index (κ2) is 7.79. The number of amides is 2. The molecule has 1 saturated heterocycles. The van der Waals surface area contributed by atoms with Gasteiger partial charge in [-0.05, 0) is 51.0 Å². The van der Waals surface area contributed by atoms with Crippen LogP contribution in [0, 0.1) is 0 Å². The summed E-state index contributed by atoms with van der Waals surface area (Å²) in [5.41, 5.74) is 0.597. The Kier molecular flexibility index (Phi) is 6.01. The summed E-state index contributed by atoms with van der Waals surface area (Å²) >= 11 is 0. The van der Waals surface area contributed by atoms with Crippen LogP contribution in [-0.4, -0.2) is 49.8 Å². The first-order chi connectivity index (χ1) is 11.0. The average Bonchev–Trinajstić information content (AvgIpc) is 2.57. The van der Waals surface area contributed by atoms with Crippen LogP contribution in [-0.2, 0) is 10.0 Å². The Bertz CT molecular complexity index is 618. The number of nitrogens with zero attached hydrogens (tertiary/aromatic N) is 2. The van der Waals surface area contributed by atoms with Gasteiger partial charge in [-0.1, -0.05) is 6.42 Å². The first kappa shape index (κ1) is 17.7. The molecular formula is C16H25N3O3S. The molecule has 0 radical (unpaired) electrons. The highest BCUT2D eigenvalue weighted by atomic mass is 32.2. The second-order valence-electron chi connectivity index (χ2n) is 5.59. The van der Waals surface area contributed by atoms with Crippen molar-refractivity contribution in [3.8, 4) is 0 Å². The Morgan fingerprint density at radius 3 is 2.17 bits per heavy atom. The van der Waals surface area contributed by atoms with Gasteiger partial charge in [0.05, 0.1) is 4.90 Å². The number of carbonyl (C=O) groups excluding carboxylic acids is 1. The lowest BCUT2D eigenvalue weighted by Crippen LogP contribution is -2.35. The van der Waals surface area contributed by atoms with Crippen molar-refractivity contribution in [2.45, 2.75) is 38.0 Å². The Labute approximate surface area is 138 Å². The summed E-state index contributed by atoms with van der Waals surface area (Å²) in [6, 6.07) is 6.21. The van der Waals surface area contributed by atoms with E-state index in [1.807, 2.05) is 13.8 Å². The quantitative estimate of drug-likeness (QED) is 0.897. The number of piperidine rings is 1. The molecule has 0 saturated carbocycles. The molecule has 2 rings (SSSR count). The van der Waals surface area contributed by atoms with E-state index in [1.165, 1.54) is 0 Å². The van der Waals surface area contributed by atoms with Gasteiger partial charge in [0.2, 0.25) is 10.0 Å². The fraction of sp³-hybridized carbons (Fsp3) is 0.562. The monoisotopic (exact) mass is 339 g/mol. The highest BCUT2D eigenvalue weighted by Gasteiger charge is 2.25. The van der Waals surface area contributed by atoms with Crippen LogP contribution in [0.1, 0.15) is 33.1 Å². The van der Waals surface area contributed by atoms with Crippen LogP contribution in [0.2, 0.25) is 0 Å². The minimum Gasteiger partial charge on any atom is -0.325 e. The van der Waals surface area contributed by atoms with Gasteiger partial charge in [0.1, 0.15) is 0 Å². The summed E-state index contributed by atoms with van der Waals surface area (Å²) in [6.45, 7) is 6.26. The number of anilines is 1. The van der Waals surface area contributed by atoms with Gasteiger partial charge >= 0.3 is 6.03 Å². The lowest BCUT2D eigenvalue weighted by molar-refractivity contribution is 0.217. The molecule has 0 spiro atoms. The summed E-state index contributed by atoms with van der Waals surface area (Å²) in [7, 11) is -3.42. The zero-order chi connectivity index (χ0) is 16.9. The van der Waals surface area contributed by atoms with Gasteiger partial charge in [0.15, 0.2) is 0 Å². The highest BCUT2D eigenvalue weighted by Crippen LogP contribution is 2.22. The first-order valence-electron chi connectivity index (χ1n) is 8.15. The van der Waals surface area contributed by atoms with Gasteiger partial charge in [-0.15, -0.1) is 0 Å². The smallest absolute Gasteiger partial charge is 0.321 e. The largest absolute Gasteiger partial charge is 0.325 e. The molecule has 1 heterocycles. The van der Waals surface area contributed by atoms with Gasteiger partial charge in [-0.3, -0.25) is 0 Å². The third-order valence-electron chi connectivity index (χ3n) is 4.11. The Balaban J connectivity index is 2.08. The molecule has 7 heteroatoms. The molecule has 1 aliphatic rings. The van der Waals surface area contributed by atoms with E-state index < -0.39 is 10.0 Å². The number of rotatable bonds is 5. The van der Waals surface area contributed by atoms with E-state index in [0.717, 1.165) is 19.3 Å². The lowest BCUT2D eigenvalue weighted by Gasteiger charge is -2.26. The maximum Gasteiger partial charge on any atom is 0.321 e. The first-order valence-corrected chi connectivity index (χ1v) is 9.59. The molecule has 1 aliphatic heterocycles. The van der Waals surface area contributed by atoms with Crippen molar-refractivity contribution in [1.29, 1.82) is 0 Å². The van der Waals surface area contributed by atoms with Gasteiger partial charge in [-0.2, -0.15) is 4.31 Å². The van der Waals surface area contributed by atoms with E-state index >= 15 is 0 Å². The molecule has 0 aromatic heterocycles. The molecule has 1 fully saturated rings. The fourth-order valence-electron chi connectivity index (χ4n) is 2.68. The van der Waals surface area contributed by atoms with Crippen LogP contribution >= 0.6 is 0 Å². The van der Waals surface area contributed by atoms with E-state index in [9.17, 15) is 13.2 Å². The minimum absolute atomic E-state index is 0.179. The van der Waals surface area contributed by atoms with Crippen molar-refractivity contribution in [2.24, 2.45) is 0 Å². The molecule has 6 nitrogen and oxygen atoms in total. The van der Waals surface area contributed by atoms with Crippen LogP contribution in [0.3, 0.4) is 0 Å². The van der Waals surface area contributed by atoms with Crippen LogP contribution in [0.5, 0.6) is 0 Å². The molecule has 2 amide bonds. The minimum atomic E-state index is -3.42. The predicted molar refractivity (Wildman–Crippen MR) is 91.0 cm³/mol. The molecule has 1 aromatic rings. The van der Waals surface area contributed by atoms with Crippen LogP contribution in [0.15, 0.2) is 29.2 Å². The summed E-state index contributed by atoms with van der Waals surface area (Å²) in [5, 5.41) is 2.78. The molecule has 23 heavy (non-hydrogen) atoms. The van der Waals surface area contributed by atoms with Crippen molar-refractivity contribution in [1.82, 2.24) is 9.21 Å². The average molecular weight is 339 g/mol. The van der Waals surface area contributed by atoms with Gasteiger partial charge in [0.25, 0.3) is 0 Å². The Morgan fingerprint density at radius 2 is 1.65 bits per heavy atom. The number of sulfonamides is 1. The van der Waals surface area contributed by atoms with Crippen molar-refractivity contribution in [2.75, 3.05) is 31.5 Å². The third kappa shape index (κ3) is 4.23. The molecule has 1 aromatic carbocycles. The number of hydrogen-bond acceptors (Lipinski definition) is 3. The second-order valence-corrected chi connectivity index (χ2v) is 7.53. The number of benzene rings is 1. The van der Waals surface area contributed by atoms with Crippen molar-refractivity contribution in [3.05, 3.63) is 24.3 Å². The van der Waals surface area contributed by atoms with Crippen LogP contribution in [0.4, 0.5) is 10.5 Å². The van der Waals surface area contributed by atoms with E-state index in [2.05, 4.69) is 5.32 Å². The molecule has 1 N–H and O–H groups in total. The van der Waals surface area contributed by atoms with E-state index in [4.69, 9.17) is 0 Å². The fourth-order valence-corrected chi connectivity index (χ4v) is 4.19. The molecule has 0 unspecified atom stereocenters. The number of hydrogen-bond donors (Lipinski definition) is 1. The van der Waals surface area contributed by atoms with E-state index in [1.54, 1.807) is 33.5 Å². The zero-order valence-electron chi connectivity index (χ0n) is 13.8. The number of urea groups is 1. The van der Waals surface area contributed by atoms with Crippen LogP contribution < -0.4 is 5.32 Å². The maximum atomic E-state index is 12.6. The third-order valence-corrected chi connectivity index (χ3v) is 6.02. The van der Waals surface area contributed by atoms with Crippen molar-refractivity contribution >= 4 is 21.7 Å². The van der Waals surface area contributed by atoms with Gasteiger partial charge < -0.3 is 10.2 Å². The van der Waals surface area contributed by atoms with E-state index in [0.29, 0.717) is 31.9 Å². The summed E-state index contributed by atoms with van der Waals surface area (Å²) in [5.74, 6) is 0. The maximum absolute atomic E-state index is 12.6. The van der Waals surface area contributed by atoms with Crippen molar-refractivity contribution in [3.63, 3.8) is 0 Å². The SMILES string of the molecule is CCN(CC)C(=O)Nc1ccc(S(=O)(=O)N2CCCCC2)cc1. The molecule has 0 bridgehead atoms. The standard InChI is InChI=1S/C16H25N3O3S/c1-3-18(4-2)16(20)17-14-8-10-15(11-9-14)23(21,22)19-12-6-5-7-13-19/h8-11H,3-7,12-13H2,1-2H3,(H,17,20). The summed E-state index contributed by atoms with van der Waals surface area (Å²) < 4.78 is 26.6. The molecule has 0 aliphatic carbocycles. The molecule has 0 atom stereocenters. The zero-order valence-corrected chi connectivity index (χ0v) is 14.6. The topological polar surface area (TPSA) is 69.7 Å². The van der Waals surface area contributed by atoms with Gasteiger partial charge in [0, 0.05) is 31.9 Å². The predicted octanol–water partition coefficient (Wildman–Crippen LogP) is 2.73. The van der Waals surface area contributed by atoms with E-state index in [-0.39, 0.29) is 10.9 Å². The highest BCUT2D eigenvalue weighted by molar-refractivity contribution is 7.89. The summed E-state index contributed by atoms with van der Waals surface area (Å²) in [4.78, 5) is 13.9. The van der Waals surface area contributed by atoms with Crippen molar-refractivity contribution < 1.29 is 13.2 Å².